The first-order valence-corrected chi connectivity index (χ1v) is 10.7. The number of hydrogen-bond donors (Lipinski definition) is 2. The van der Waals surface area contributed by atoms with Gasteiger partial charge in [-0.05, 0) is 51.8 Å². The smallest absolute Gasteiger partial charge is 0.140 e. The first kappa shape index (κ1) is 17.7. The number of nitrogens with one attached hydrogen (secondary N) is 2. The molecule has 0 saturated carbocycles. The van der Waals surface area contributed by atoms with Crippen molar-refractivity contribution in [2.24, 2.45) is 0 Å². The normalized spacial score (nSPS) is 23.7. The number of imidazole rings is 1. The number of aryl methyl sites for hydroxylation is 1. The van der Waals surface area contributed by atoms with Crippen LogP contribution >= 0.6 is 0 Å². The molecule has 2 N–H and O–H groups in total. The third kappa shape index (κ3) is 2.82. The third-order valence-electron chi connectivity index (χ3n) is 6.78. The van der Waals surface area contributed by atoms with Crippen LogP contribution in [-0.4, -0.2) is 56.6 Å². The highest BCUT2D eigenvalue weighted by atomic mass is 15.3. The SMILES string of the molecule is CCN1CCCCC12CCCN(c1ccnc3[nH]cc(-c4ncc(C)[nH]4)c13)C2. The van der Waals surface area contributed by atoms with Gasteiger partial charge >= 0.3 is 0 Å². The molecule has 1 atom stereocenters. The van der Waals surface area contributed by atoms with Gasteiger partial charge in [0.25, 0.3) is 0 Å². The number of piperidine rings is 2. The van der Waals surface area contributed by atoms with Gasteiger partial charge in [-0.15, -0.1) is 0 Å². The zero-order valence-corrected chi connectivity index (χ0v) is 17.0. The van der Waals surface area contributed by atoms with E-state index in [-0.39, 0.29) is 0 Å². The molecule has 0 radical (unpaired) electrons. The van der Waals surface area contributed by atoms with E-state index >= 15 is 0 Å². The van der Waals surface area contributed by atoms with Crippen LogP contribution in [0.1, 0.15) is 44.7 Å². The first-order chi connectivity index (χ1) is 13.7. The van der Waals surface area contributed by atoms with Crippen molar-refractivity contribution in [3.8, 4) is 11.4 Å². The number of aromatic amines is 2. The van der Waals surface area contributed by atoms with Crippen LogP contribution in [0.15, 0.2) is 24.7 Å². The Kier molecular flexibility index (Phi) is 4.38. The molecule has 148 valence electrons. The monoisotopic (exact) mass is 378 g/mol. The Morgan fingerprint density at radius 1 is 1.14 bits per heavy atom. The predicted octanol–water partition coefficient (Wildman–Crippen LogP) is 4.11. The Hall–Kier alpha value is -2.34. The summed E-state index contributed by atoms with van der Waals surface area (Å²) in [4.78, 5) is 21.3. The van der Waals surface area contributed by atoms with E-state index in [9.17, 15) is 0 Å². The quantitative estimate of drug-likeness (QED) is 0.720. The number of rotatable bonds is 3. The molecule has 0 amide bonds. The van der Waals surface area contributed by atoms with Crippen molar-refractivity contribution in [1.82, 2.24) is 24.8 Å². The lowest BCUT2D eigenvalue weighted by Gasteiger charge is -2.52. The van der Waals surface area contributed by atoms with Crippen LogP contribution in [0.25, 0.3) is 22.4 Å². The summed E-state index contributed by atoms with van der Waals surface area (Å²) in [7, 11) is 0. The molecule has 6 heteroatoms. The maximum Gasteiger partial charge on any atom is 0.140 e. The maximum atomic E-state index is 4.59. The number of fused-ring (bicyclic) bond motifs is 1. The molecule has 6 nitrogen and oxygen atoms in total. The molecule has 3 aromatic heterocycles. The summed E-state index contributed by atoms with van der Waals surface area (Å²) in [5, 5.41) is 1.19. The molecule has 2 fully saturated rings. The van der Waals surface area contributed by atoms with Crippen LogP contribution in [0.2, 0.25) is 0 Å². The minimum absolute atomic E-state index is 0.332. The molecule has 0 aliphatic carbocycles. The van der Waals surface area contributed by atoms with Crippen molar-refractivity contribution in [3.63, 3.8) is 0 Å². The van der Waals surface area contributed by atoms with Crippen LogP contribution in [-0.2, 0) is 0 Å². The number of hydrogen-bond acceptors (Lipinski definition) is 4. The summed E-state index contributed by atoms with van der Waals surface area (Å²) in [6.45, 7) is 8.99. The van der Waals surface area contributed by atoms with Crippen LogP contribution in [0.5, 0.6) is 0 Å². The van der Waals surface area contributed by atoms with E-state index in [0.717, 1.165) is 42.4 Å². The Balaban J connectivity index is 1.56. The van der Waals surface area contributed by atoms with E-state index in [2.05, 4.69) is 42.7 Å². The van der Waals surface area contributed by atoms with Crippen LogP contribution < -0.4 is 4.90 Å². The minimum atomic E-state index is 0.332. The van der Waals surface area contributed by atoms with Gasteiger partial charge in [0.1, 0.15) is 11.5 Å². The van der Waals surface area contributed by atoms with E-state index in [4.69, 9.17) is 0 Å². The molecule has 3 aromatic rings. The van der Waals surface area contributed by atoms with E-state index in [1.165, 1.54) is 49.7 Å². The topological polar surface area (TPSA) is 63.8 Å². The second kappa shape index (κ2) is 6.92. The highest BCUT2D eigenvalue weighted by Gasteiger charge is 2.41. The van der Waals surface area contributed by atoms with Gasteiger partial charge in [0.2, 0.25) is 0 Å². The lowest BCUT2D eigenvalue weighted by atomic mass is 9.79. The summed E-state index contributed by atoms with van der Waals surface area (Å²) in [5.41, 5.74) is 4.75. The van der Waals surface area contributed by atoms with E-state index < -0.39 is 0 Å². The molecule has 28 heavy (non-hydrogen) atoms. The minimum Gasteiger partial charge on any atom is -0.369 e. The number of aromatic nitrogens is 4. The second-order valence-electron chi connectivity index (χ2n) is 8.46. The average molecular weight is 379 g/mol. The molecular formula is C22H30N6. The number of nitrogens with zero attached hydrogens (tertiary/aromatic N) is 4. The molecule has 5 rings (SSSR count). The fraction of sp³-hybridized carbons (Fsp3) is 0.545. The van der Waals surface area contributed by atoms with Crippen molar-refractivity contribution in [2.45, 2.75) is 51.5 Å². The van der Waals surface area contributed by atoms with Crippen molar-refractivity contribution >= 4 is 16.7 Å². The van der Waals surface area contributed by atoms with Crippen LogP contribution in [0.4, 0.5) is 5.69 Å². The molecule has 1 spiro atoms. The van der Waals surface area contributed by atoms with E-state index in [0.29, 0.717) is 5.54 Å². The number of anilines is 1. The summed E-state index contributed by atoms with van der Waals surface area (Å²) in [6.07, 6.45) is 12.5. The Labute approximate surface area is 166 Å². The Morgan fingerprint density at radius 3 is 2.86 bits per heavy atom. The first-order valence-electron chi connectivity index (χ1n) is 10.7. The van der Waals surface area contributed by atoms with E-state index in [1.54, 1.807) is 0 Å². The lowest BCUT2D eigenvalue weighted by Crippen LogP contribution is -2.60. The summed E-state index contributed by atoms with van der Waals surface area (Å²) >= 11 is 0. The Bertz CT molecular complexity index is 968. The molecule has 5 heterocycles. The highest BCUT2D eigenvalue weighted by molar-refractivity contribution is 6.01. The van der Waals surface area contributed by atoms with Gasteiger partial charge in [-0.25, -0.2) is 9.97 Å². The average Bonchev–Trinajstić information content (AvgIpc) is 3.34. The Morgan fingerprint density at radius 2 is 2.04 bits per heavy atom. The molecular weight excluding hydrogens is 348 g/mol. The van der Waals surface area contributed by atoms with Crippen LogP contribution in [0, 0.1) is 6.92 Å². The van der Waals surface area contributed by atoms with Gasteiger partial charge in [0, 0.05) is 48.5 Å². The zero-order valence-electron chi connectivity index (χ0n) is 17.0. The van der Waals surface area contributed by atoms with Crippen molar-refractivity contribution in [3.05, 3.63) is 30.4 Å². The van der Waals surface area contributed by atoms with Crippen molar-refractivity contribution in [1.29, 1.82) is 0 Å². The molecule has 2 saturated heterocycles. The number of H-pyrrole nitrogens is 2. The lowest BCUT2D eigenvalue weighted by molar-refractivity contribution is 0.0384. The fourth-order valence-corrected chi connectivity index (χ4v) is 5.46. The van der Waals surface area contributed by atoms with Gasteiger partial charge < -0.3 is 14.9 Å². The molecule has 2 aliphatic heterocycles. The maximum absolute atomic E-state index is 4.59. The largest absolute Gasteiger partial charge is 0.369 e. The van der Waals surface area contributed by atoms with Gasteiger partial charge in [-0.2, -0.15) is 0 Å². The third-order valence-corrected chi connectivity index (χ3v) is 6.78. The van der Waals surface area contributed by atoms with Gasteiger partial charge in [-0.1, -0.05) is 13.3 Å². The fourth-order valence-electron chi connectivity index (χ4n) is 5.46. The van der Waals surface area contributed by atoms with E-state index in [1.807, 2.05) is 25.5 Å². The predicted molar refractivity (Wildman–Crippen MR) is 114 cm³/mol. The van der Waals surface area contributed by atoms with Gasteiger partial charge in [0.15, 0.2) is 0 Å². The number of pyridine rings is 1. The number of likely N-dealkylation sites (tertiary alicyclic amines) is 1. The summed E-state index contributed by atoms with van der Waals surface area (Å²) in [6, 6.07) is 2.19. The molecule has 0 aromatic carbocycles. The zero-order chi connectivity index (χ0) is 19.1. The second-order valence-corrected chi connectivity index (χ2v) is 8.46. The van der Waals surface area contributed by atoms with Gasteiger partial charge in [-0.3, -0.25) is 4.90 Å². The van der Waals surface area contributed by atoms with Gasteiger partial charge in [0.05, 0.1) is 11.1 Å². The molecule has 2 aliphatic rings. The van der Waals surface area contributed by atoms with Crippen LogP contribution in [0.3, 0.4) is 0 Å². The number of likely N-dealkylation sites (N-methyl/N-ethyl adjacent to an activating group) is 1. The highest BCUT2D eigenvalue weighted by Crippen LogP contribution is 2.40. The van der Waals surface area contributed by atoms with Crippen molar-refractivity contribution < 1.29 is 0 Å². The van der Waals surface area contributed by atoms with Crippen molar-refractivity contribution in [2.75, 3.05) is 31.1 Å². The standard InChI is InChI=1S/C22H30N6/c1-3-28-12-5-4-8-22(28)9-6-11-27(15-22)18-7-10-23-21-19(18)17(14-25-21)20-24-13-16(2)26-20/h7,10,13-14H,3-6,8-9,11-12,15H2,1-2H3,(H,23,25)(H,24,26). The summed E-state index contributed by atoms with van der Waals surface area (Å²) < 4.78 is 0. The molecule has 0 bridgehead atoms. The summed E-state index contributed by atoms with van der Waals surface area (Å²) in [5.74, 6) is 0.914. The molecule has 1 unspecified atom stereocenters.